The van der Waals surface area contributed by atoms with Crippen LogP contribution < -0.4 is 27.4 Å². The third kappa shape index (κ3) is 12.1. The SMILES string of the molecule is CSCCC(N)C(=O)NC(CC(N)=O)C(=O)NC(CCC(=O)O)C(=O)NC(C(=O)O)C(C)C. The van der Waals surface area contributed by atoms with Gasteiger partial charge in [0, 0.05) is 6.42 Å². The molecular weight excluding hydrogens is 458 g/mol. The average Bonchev–Trinajstić information content (AvgIpc) is 2.71. The molecule has 0 radical (unpaired) electrons. The summed E-state index contributed by atoms with van der Waals surface area (Å²) in [5.41, 5.74) is 10.9. The highest BCUT2D eigenvalue weighted by Gasteiger charge is 2.32. The van der Waals surface area contributed by atoms with Gasteiger partial charge in [-0.3, -0.25) is 24.0 Å². The Morgan fingerprint density at radius 3 is 1.88 bits per heavy atom. The van der Waals surface area contributed by atoms with Gasteiger partial charge in [0.2, 0.25) is 23.6 Å². The standard InChI is InChI=1S/C19H33N5O8S/c1-9(2)15(19(31)32)24-17(29)11(4-5-14(26)27)22-18(30)12(8-13(21)25)23-16(28)10(20)6-7-33-3/h9-12,15H,4-8,20H2,1-3H3,(H2,21,25)(H,22,30)(H,23,28)(H,24,29)(H,26,27)(H,31,32). The van der Waals surface area contributed by atoms with E-state index in [0.717, 1.165) is 0 Å². The van der Waals surface area contributed by atoms with E-state index >= 15 is 0 Å². The molecule has 0 aliphatic rings. The molecule has 4 amide bonds. The van der Waals surface area contributed by atoms with Gasteiger partial charge in [0.15, 0.2) is 0 Å². The number of primary amides is 1. The molecule has 0 aliphatic heterocycles. The molecule has 0 aromatic carbocycles. The first-order chi connectivity index (χ1) is 15.3. The maximum Gasteiger partial charge on any atom is 0.326 e. The van der Waals surface area contributed by atoms with E-state index in [1.54, 1.807) is 13.8 Å². The van der Waals surface area contributed by atoms with Gasteiger partial charge in [-0.25, -0.2) is 4.79 Å². The molecule has 0 saturated carbocycles. The maximum absolute atomic E-state index is 12.7. The van der Waals surface area contributed by atoms with E-state index in [0.29, 0.717) is 12.2 Å². The van der Waals surface area contributed by atoms with Crippen molar-refractivity contribution in [2.45, 2.75) is 63.7 Å². The summed E-state index contributed by atoms with van der Waals surface area (Å²) >= 11 is 1.46. The molecule has 33 heavy (non-hydrogen) atoms. The van der Waals surface area contributed by atoms with Crippen LogP contribution in [0.1, 0.15) is 39.5 Å². The summed E-state index contributed by atoms with van der Waals surface area (Å²) in [4.78, 5) is 71.4. The first kappa shape index (κ1) is 30.1. The molecular formula is C19H33N5O8S. The Kier molecular flexibility index (Phi) is 13.7. The number of carboxylic acid groups (broad SMARTS) is 2. The Morgan fingerprint density at radius 2 is 1.42 bits per heavy atom. The Hall–Kier alpha value is -2.87. The van der Waals surface area contributed by atoms with Crippen LogP contribution in [0.2, 0.25) is 0 Å². The van der Waals surface area contributed by atoms with Crippen molar-refractivity contribution in [2.24, 2.45) is 17.4 Å². The second-order valence-corrected chi connectivity index (χ2v) is 8.67. The van der Waals surface area contributed by atoms with Crippen molar-refractivity contribution in [2.75, 3.05) is 12.0 Å². The van der Waals surface area contributed by atoms with E-state index < -0.39 is 78.5 Å². The second-order valence-electron chi connectivity index (χ2n) is 7.68. The zero-order chi connectivity index (χ0) is 25.7. The lowest BCUT2D eigenvalue weighted by atomic mass is 10.0. The molecule has 0 aliphatic carbocycles. The van der Waals surface area contributed by atoms with E-state index in [1.807, 2.05) is 6.26 Å². The summed E-state index contributed by atoms with van der Waals surface area (Å²) in [7, 11) is 0. The molecule has 13 nitrogen and oxygen atoms in total. The number of carbonyl (C=O) groups excluding carboxylic acids is 4. The number of carbonyl (C=O) groups is 6. The minimum absolute atomic E-state index is 0.313. The van der Waals surface area contributed by atoms with E-state index in [4.69, 9.17) is 16.6 Å². The van der Waals surface area contributed by atoms with Crippen molar-refractivity contribution in [1.82, 2.24) is 16.0 Å². The van der Waals surface area contributed by atoms with E-state index in [2.05, 4.69) is 16.0 Å². The summed E-state index contributed by atoms with van der Waals surface area (Å²) in [6.45, 7) is 3.12. The highest BCUT2D eigenvalue weighted by atomic mass is 32.2. The fraction of sp³-hybridized carbons (Fsp3) is 0.684. The lowest BCUT2D eigenvalue weighted by molar-refractivity contribution is -0.144. The highest BCUT2D eigenvalue weighted by Crippen LogP contribution is 2.06. The van der Waals surface area contributed by atoms with Crippen molar-refractivity contribution in [3.8, 4) is 0 Å². The van der Waals surface area contributed by atoms with Crippen LogP contribution in [0.5, 0.6) is 0 Å². The first-order valence-electron chi connectivity index (χ1n) is 10.2. The number of thioether (sulfide) groups is 1. The normalized spacial score (nSPS) is 14.5. The van der Waals surface area contributed by atoms with Crippen LogP contribution in [0.25, 0.3) is 0 Å². The highest BCUT2D eigenvalue weighted by molar-refractivity contribution is 7.98. The molecule has 4 unspecified atom stereocenters. The first-order valence-corrected chi connectivity index (χ1v) is 11.6. The Balaban J connectivity index is 5.54. The predicted octanol–water partition coefficient (Wildman–Crippen LogP) is -2.00. The molecule has 14 heteroatoms. The molecule has 0 saturated heterocycles. The quantitative estimate of drug-likeness (QED) is 0.125. The zero-order valence-corrected chi connectivity index (χ0v) is 19.6. The molecule has 9 N–H and O–H groups in total. The fourth-order valence-corrected chi connectivity index (χ4v) is 3.13. The summed E-state index contributed by atoms with van der Waals surface area (Å²) in [6.07, 6.45) is 0.674. The van der Waals surface area contributed by atoms with Gasteiger partial charge in [-0.05, 0) is 30.8 Å². The van der Waals surface area contributed by atoms with Crippen LogP contribution in [0, 0.1) is 5.92 Å². The molecule has 0 rings (SSSR count). The lowest BCUT2D eigenvalue weighted by Crippen LogP contribution is -2.58. The molecule has 0 aromatic heterocycles. The molecule has 0 fully saturated rings. The van der Waals surface area contributed by atoms with Crippen molar-refractivity contribution < 1.29 is 39.0 Å². The van der Waals surface area contributed by atoms with Crippen molar-refractivity contribution in [3.05, 3.63) is 0 Å². The number of aliphatic carboxylic acids is 2. The topological polar surface area (TPSA) is 231 Å². The largest absolute Gasteiger partial charge is 0.481 e. The van der Waals surface area contributed by atoms with Crippen LogP contribution in [0.3, 0.4) is 0 Å². The minimum Gasteiger partial charge on any atom is -0.481 e. The zero-order valence-electron chi connectivity index (χ0n) is 18.8. The molecule has 188 valence electrons. The number of rotatable bonds is 16. The average molecular weight is 492 g/mol. The van der Waals surface area contributed by atoms with E-state index in [9.17, 15) is 33.9 Å². The summed E-state index contributed by atoms with van der Waals surface area (Å²) in [5.74, 6) is -5.98. The van der Waals surface area contributed by atoms with Crippen molar-refractivity contribution in [1.29, 1.82) is 0 Å². The third-order valence-corrected chi connectivity index (χ3v) is 5.16. The van der Waals surface area contributed by atoms with Gasteiger partial charge in [0.05, 0.1) is 12.5 Å². The molecule has 4 atom stereocenters. The van der Waals surface area contributed by atoms with Crippen LogP contribution in [-0.4, -0.2) is 82.0 Å². The number of carboxylic acids is 2. The number of amides is 4. The van der Waals surface area contributed by atoms with Gasteiger partial charge < -0.3 is 37.6 Å². The summed E-state index contributed by atoms with van der Waals surface area (Å²) in [5, 5.41) is 25.1. The Morgan fingerprint density at radius 1 is 0.879 bits per heavy atom. The van der Waals surface area contributed by atoms with Crippen LogP contribution in [0.15, 0.2) is 0 Å². The smallest absolute Gasteiger partial charge is 0.326 e. The second kappa shape index (κ2) is 15.1. The molecule has 0 aromatic rings. The minimum atomic E-state index is -1.46. The number of nitrogens with two attached hydrogens (primary N) is 2. The number of hydrogen-bond acceptors (Lipinski definition) is 8. The lowest BCUT2D eigenvalue weighted by Gasteiger charge is -2.25. The maximum atomic E-state index is 12.7. The van der Waals surface area contributed by atoms with Crippen molar-refractivity contribution in [3.63, 3.8) is 0 Å². The molecule has 0 heterocycles. The van der Waals surface area contributed by atoms with E-state index in [-0.39, 0.29) is 6.42 Å². The van der Waals surface area contributed by atoms with Gasteiger partial charge in [0.25, 0.3) is 0 Å². The van der Waals surface area contributed by atoms with Gasteiger partial charge in [-0.15, -0.1) is 0 Å². The number of hydrogen-bond donors (Lipinski definition) is 7. The Labute approximate surface area is 195 Å². The summed E-state index contributed by atoms with van der Waals surface area (Å²) < 4.78 is 0. The van der Waals surface area contributed by atoms with Gasteiger partial charge >= 0.3 is 11.9 Å². The van der Waals surface area contributed by atoms with Gasteiger partial charge in [0.1, 0.15) is 18.1 Å². The summed E-state index contributed by atoms with van der Waals surface area (Å²) in [6, 6.07) is -5.13. The molecule has 0 spiro atoms. The molecule has 0 bridgehead atoms. The van der Waals surface area contributed by atoms with Crippen LogP contribution in [0.4, 0.5) is 0 Å². The van der Waals surface area contributed by atoms with Crippen LogP contribution in [-0.2, 0) is 28.8 Å². The van der Waals surface area contributed by atoms with Gasteiger partial charge in [-0.1, -0.05) is 13.8 Å². The predicted molar refractivity (Wildman–Crippen MR) is 120 cm³/mol. The number of nitrogens with one attached hydrogen (secondary N) is 3. The monoisotopic (exact) mass is 491 g/mol. The van der Waals surface area contributed by atoms with Crippen LogP contribution >= 0.6 is 11.8 Å². The van der Waals surface area contributed by atoms with E-state index in [1.165, 1.54) is 11.8 Å². The Bertz CT molecular complexity index is 733. The fourth-order valence-electron chi connectivity index (χ4n) is 2.64. The van der Waals surface area contributed by atoms with Gasteiger partial charge in [-0.2, -0.15) is 11.8 Å². The van der Waals surface area contributed by atoms with Crippen molar-refractivity contribution >= 4 is 47.3 Å². The third-order valence-electron chi connectivity index (χ3n) is 4.52.